The molecule has 0 radical (unpaired) electrons. The van der Waals surface area contributed by atoms with Crippen LogP contribution in [0.2, 0.25) is 0 Å². The molecule has 2 heterocycles. The lowest BCUT2D eigenvalue weighted by Crippen LogP contribution is -2.21. The maximum absolute atomic E-state index is 4.82. The van der Waals surface area contributed by atoms with Crippen molar-refractivity contribution >= 4 is 27.8 Å². The molecule has 0 atom stereocenters. The second-order valence-corrected chi connectivity index (χ2v) is 8.08. The predicted molar refractivity (Wildman–Crippen MR) is 127 cm³/mol. The molecule has 1 N–H and O–H groups in total. The Hall–Kier alpha value is -3.12. The average molecular weight is 418 g/mol. The van der Waals surface area contributed by atoms with Crippen LogP contribution in [0.4, 0.5) is 16.5 Å². The van der Waals surface area contributed by atoms with Gasteiger partial charge in [-0.3, -0.25) is 0 Å². The fourth-order valence-corrected chi connectivity index (χ4v) is 4.36. The van der Waals surface area contributed by atoms with Gasteiger partial charge in [0.25, 0.3) is 0 Å². The summed E-state index contributed by atoms with van der Waals surface area (Å²) in [5, 5.41) is 11.0. The molecule has 0 aliphatic rings. The number of anilines is 3. The van der Waals surface area contributed by atoms with E-state index in [0.29, 0.717) is 0 Å². The van der Waals surface area contributed by atoms with Crippen LogP contribution in [-0.2, 0) is 0 Å². The first-order valence-electron chi connectivity index (χ1n) is 10.3. The molecule has 4 rings (SSSR count). The number of aryl methyl sites for hydroxylation is 1. The molecule has 0 saturated carbocycles. The Morgan fingerprint density at radius 1 is 1.03 bits per heavy atom. The van der Waals surface area contributed by atoms with E-state index < -0.39 is 0 Å². The number of thiazole rings is 1. The molecule has 5 nitrogen and oxygen atoms in total. The van der Waals surface area contributed by atoms with Crippen LogP contribution < -0.4 is 10.2 Å². The van der Waals surface area contributed by atoms with Gasteiger partial charge in [-0.2, -0.15) is 5.10 Å². The van der Waals surface area contributed by atoms with Crippen LogP contribution in [0, 0.1) is 13.8 Å². The van der Waals surface area contributed by atoms with E-state index in [1.165, 1.54) is 11.3 Å². The van der Waals surface area contributed by atoms with E-state index in [2.05, 4.69) is 78.7 Å². The highest BCUT2D eigenvalue weighted by Gasteiger charge is 2.14. The molecule has 0 bridgehead atoms. The van der Waals surface area contributed by atoms with Gasteiger partial charge >= 0.3 is 0 Å². The van der Waals surface area contributed by atoms with Crippen molar-refractivity contribution in [1.29, 1.82) is 0 Å². The van der Waals surface area contributed by atoms with Crippen molar-refractivity contribution in [3.05, 3.63) is 71.4 Å². The monoisotopic (exact) mass is 417 g/mol. The number of nitrogens with zero attached hydrogens (tertiary/aromatic N) is 4. The Balaban J connectivity index is 1.55. The van der Waals surface area contributed by atoms with Crippen molar-refractivity contribution in [3.63, 3.8) is 0 Å². The minimum absolute atomic E-state index is 0.885. The highest BCUT2D eigenvalue weighted by atomic mass is 32.1. The number of hydrogen-bond acceptors (Lipinski definition) is 5. The molecule has 2 aromatic heterocycles. The SMILES string of the molecule is CCN(CC)c1ccc(Nc2nc(-c3cnn(-c4ccccc4)c3C)cs2)c(C)c1. The van der Waals surface area contributed by atoms with Gasteiger partial charge in [0.05, 0.1) is 23.3 Å². The van der Waals surface area contributed by atoms with E-state index in [4.69, 9.17) is 4.98 Å². The Kier molecular flexibility index (Phi) is 5.86. The molecule has 0 aliphatic heterocycles. The summed E-state index contributed by atoms with van der Waals surface area (Å²) in [5.74, 6) is 0. The minimum atomic E-state index is 0.885. The summed E-state index contributed by atoms with van der Waals surface area (Å²) in [6, 6.07) is 16.7. The van der Waals surface area contributed by atoms with E-state index in [9.17, 15) is 0 Å². The number of aromatic nitrogens is 3. The number of benzene rings is 2. The van der Waals surface area contributed by atoms with E-state index in [-0.39, 0.29) is 0 Å². The maximum atomic E-state index is 4.82. The standard InChI is InChI=1S/C24H27N5S/c1-5-28(6-2)20-12-13-22(17(3)14-20)26-24-27-23(16-30-24)21-15-25-29(18(21)4)19-10-8-7-9-11-19/h7-16H,5-6H2,1-4H3,(H,26,27). The highest BCUT2D eigenvalue weighted by molar-refractivity contribution is 7.14. The Labute approximate surface area is 182 Å². The van der Waals surface area contributed by atoms with E-state index in [1.54, 1.807) is 11.3 Å². The zero-order valence-corrected chi connectivity index (χ0v) is 18.7. The minimum Gasteiger partial charge on any atom is -0.372 e. The maximum Gasteiger partial charge on any atom is 0.187 e. The Morgan fingerprint density at radius 2 is 1.80 bits per heavy atom. The largest absolute Gasteiger partial charge is 0.372 e. The topological polar surface area (TPSA) is 46.0 Å². The van der Waals surface area contributed by atoms with Gasteiger partial charge < -0.3 is 10.2 Å². The van der Waals surface area contributed by atoms with Gasteiger partial charge in [-0.25, -0.2) is 9.67 Å². The summed E-state index contributed by atoms with van der Waals surface area (Å²) in [7, 11) is 0. The van der Waals surface area contributed by atoms with Crippen molar-refractivity contribution in [2.45, 2.75) is 27.7 Å². The third-order valence-corrected chi connectivity index (χ3v) is 6.13. The molecule has 0 fully saturated rings. The second-order valence-electron chi connectivity index (χ2n) is 7.23. The molecule has 0 spiro atoms. The van der Waals surface area contributed by atoms with E-state index in [0.717, 1.165) is 46.5 Å². The van der Waals surface area contributed by atoms with Crippen LogP contribution in [0.25, 0.3) is 16.9 Å². The van der Waals surface area contributed by atoms with Gasteiger partial charge in [-0.05, 0) is 63.6 Å². The van der Waals surface area contributed by atoms with Crippen molar-refractivity contribution < 1.29 is 0 Å². The van der Waals surface area contributed by atoms with Gasteiger partial charge in [0, 0.05) is 35.4 Å². The van der Waals surface area contributed by atoms with Crippen LogP contribution in [0.5, 0.6) is 0 Å². The van der Waals surface area contributed by atoms with Gasteiger partial charge in [0.15, 0.2) is 5.13 Å². The zero-order chi connectivity index (χ0) is 21.1. The number of nitrogens with one attached hydrogen (secondary N) is 1. The van der Waals surface area contributed by atoms with Crippen molar-refractivity contribution in [3.8, 4) is 16.9 Å². The predicted octanol–water partition coefficient (Wildman–Crippen LogP) is 6.20. The summed E-state index contributed by atoms with van der Waals surface area (Å²) >= 11 is 1.61. The van der Waals surface area contributed by atoms with Crippen molar-refractivity contribution in [1.82, 2.24) is 14.8 Å². The third kappa shape index (κ3) is 3.96. The second kappa shape index (κ2) is 8.71. The lowest BCUT2D eigenvalue weighted by molar-refractivity contribution is 0.847. The fraction of sp³-hybridized carbons (Fsp3) is 0.250. The molecular weight excluding hydrogens is 390 g/mol. The van der Waals surface area contributed by atoms with Crippen LogP contribution >= 0.6 is 11.3 Å². The first-order chi connectivity index (χ1) is 14.6. The van der Waals surface area contributed by atoms with Gasteiger partial charge in [-0.15, -0.1) is 11.3 Å². The zero-order valence-electron chi connectivity index (χ0n) is 17.9. The average Bonchev–Trinajstić information content (AvgIpc) is 3.38. The third-order valence-electron chi connectivity index (χ3n) is 5.37. The number of para-hydroxylation sites is 1. The summed E-state index contributed by atoms with van der Waals surface area (Å²) in [5.41, 5.74) is 7.69. The fourth-order valence-electron chi connectivity index (χ4n) is 3.63. The molecule has 0 unspecified atom stereocenters. The molecule has 0 saturated heterocycles. The molecule has 4 aromatic rings. The smallest absolute Gasteiger partial charge is 0.187 e. The highest BCUT2D eigenvalue weighted by Crippen LogP contribution is 2.31. The lowest BCUT2D eigenvalue weighted by Gasteiger charge is -2.22. The summed E-state index contributed by atoms with van der Waals surface area (Å²) in [4.78, 5) is 7.17. The Bertz CT molecular complexity index is 1130. The van der Waals surface area contributed by atoms with Crippen LogP contribution in [-0.4, -0.2) is 27.9 Å². The first-order valence-corrected chi connectivity index (χ1v) is 11.2. The van der Waals surface area contributed by atoms with Crippen LogP contribution in [0.3, 0.4) is 0 Å². The molecule has 2 aromatic carbocycles. The lowest BCUT2D eigenvalue weighted by atomic mass is 10.1. The van der Waals surface area contributed by atoms with Crippen molar-refractivity contribution in [2.24, 2.45) is 0 Å². The molecule has 0 aliphatic carbocycles. The molecule has 6 heteroatoms. The molecule has 0 amide bonds. The van der Waals surface area contributed by atoms with Crippen molar-refractivity contribution in [2.75, 3.05) is 23.3 Å². The van der Waals surface area contributed by atoms with E-state index >= 15 is 0 Å². The molecule has 30 heavy (non-hydrogen) atoms. The molecular formula is C24H27N5S. The number of hydrogen-bond donors (Lipinski definition) is 1. The Morgan fingerprint density at radius 3 is 2.50 bits per heavy atom. The molecule has 154 valence electrons. The van der Waals surface area contributed by atoms with Gasteiger partial charge in [0.2, 0.25) is 0 Å². The summed E-state index contributed by atoms with van der Waals surface area (Å²) in [6.07, 6.45) is 1.89. The van der Waals surface area contributed by atoms with Crippen LogP contribution in [0.15, 0.2) is 60.1 Å². The normalized spacial score (nSPS) is 10.9. The first kappa shape index (κ1) is 20.2. The number of rotatable bonds is 7. The van der Waals surface area contributed by atoms with Crippen LogP contribution in [0.1, 0.15) is 25.1 Å². The van der Waals surface area contributed by atoms with Gasteiger partial charge in [-0.1, -0.05) is 18.2 Å². The summed E-state index contributed by atoms with van der Waals surface area (Å²) in [6.45, 7) is 10.6. The quantitative estimate of drug-likeness (QED) is 0.389. The van der Waals surface area contributed by atoms with E-state index in [1.807, 2.05) is 29.1 Å². The summed E-state index contributed by atoms with van der Waals surface area (Å²) < 4.78 is 1.96. The van der Waals surface area contributed by atoms with Gasteiger partial charge in [0.1, 0.15) is 0 Å².